The summed E-state index contributed by atoms with van der Waals surface area (Å²) in [6.07, 6.45) is 2.60. The Morgan fingerprint density at radius 2 is 2.24 bits per heavy atom. The second kappa shape index (κ2) is 7.56. The molecule has 0 aliphatic carbocycles. The topological polar surface area (TPSA) is 52.0 Å². The van der Waals surface area contributed by atoms with Crippen molar-refractivity contribution >= 4 is 15.9 Å². The van der Waals surface area contributed by atoms with Gasteiger partial charge in [-0.2, -0.15) is 5.10 Å². The van der Waals surface area contributed by atoms with Crippen LogP contribution in [0.15, 0.2) is 29.0 Å². The number of nitrogens with zero attached hydrogens (tertiary/aromatic N) is 3. The molecule has 1 unspecified atom stereocenters. The lowest BCUT2D eigenvalue weighted by Crippen LogP contribution is -2.14. The molecular weight excluding hydrogens is 332 g/mol. The summed E-state index contributed by atoms with van der Waals surface area (Å²) in [6.45, 7) is 5.51. The van der Waals surface area contributed by atoms with Crippen LogP contribution in [0.25, 0.3) is 0 Å². The van der Waals surface area contributed by atoms with Crippen molar-refractivity contribution in [2.75, 3.05) is 7.05 Å². The van der Waals surface area contributed by atoms with E-state index in [-0.39, 0.29) is 6.04 Å². The number of aryl methyl sites for hydroxylation is 1. The summed E-state index contributed by atoms with van der Waals surface area (Å²) in [5.74, 6) is 1.72. The number of hydrogen-bond donors (Lipinski definition) is 1. The monoisotopic (exact) mass is 352 g/mol. The molecule has 1 atom stereocenters. The molecule has 1 aromatic heterocycles. The van der Waals surface area contributed by atoms with Gasteiger partial charge in [0.2, 0.25) is 0 Å². The third kappa shape index (κ3) is 4.04. The summed E-state index contributed by atoms with van der Waals surface area (Å²) in [4.78, 5) is 4.26. The van der Waals surface area contributed by atoms with E-state index in [2.05, 4.69) is 51.2 Å². The van der Waals surface area contributed by atoms with Crippen molar-refractivity contribution in [3.8, 4) is 5.75 Å². The van der Waals surface area contributed by atoms with E-state index in [1.54, 1.807) is 6.33 Å². The van der Waals surface area contributed by atoms with E-state index in [0.29, 0.717) is 6.61 Å². The van der Waals surface area contributed by atoms with Crippen LogP contribution in [0.5, 0.6) is 5.75 Å². The van der Waals surface area contributed by atoms with Crippen molar-refractivity contribution in [2.24, 2.45) is 0 Å². The number of ether oxygens (including phenoxy) is 1. The molecule has 0 fully saturated rings. The minimum Gasteiger partial charge on any atom is -0.485 e. The second-order valence-corrected chi connectivity index (χ2v) is 5.80. The summed E-state index contributed by atoms with van der Waals surface area (Å²) in [5.41, 5.74) is 1.12. The van der Waals surface area contributed by atoms with Gasteiger partial charge in [0.1, 0.15) is 18.7 Å². The van der Waals surface area contributed by atoms with Crippen molar-refractivity contribution in [3.63, 3.8) is 0 Å². The third-order valence-electron chi connectivity index (χ3n) is 3.36. The number of nitrogens with one attached hydrogen (secondary N) is 1. The van der Waals surface area contributed by atoms with Gasteiger partial charge in [0.15, 0.2) is 5.82 Å². The largest absolute Gasteiger partial charge is 0.485 e. The van der Waals surface area contributed by atoms with Crippen molar-refractivity contribution in [2.45, 2.75) is 39.5 Å². The van der Waals surface area contributed by atoms with Gasteiger partial charge in [0.05, 0.1) is 0 Å². The first-order valence-electron chi connectivity index (χ1n) is 7.12. The lowest BCUT2D eigenvalue weighted by molar-refractivity contribution is 0.281. The summed E-state index contributed by atoms with van der Waals surface area (Å²) < 4.78 is 8.89. The number of hydrogen-bond acceptors (Lipinski definition) is 4. The summed E-state index contributed by atoms with van der Waals surface area (Å²) in [7, 11) is 1.94. The van der Waals surface area contributed by atoms with E-state index >= 15 is 0 Å². The number of aromatic nitrogens is 3. The Morgan fingerprint density at radius 1 is 1.43 bits per heavy atom. The molecule has 1 heterocycles. The molecule has 0 spiro atoms. The number of rotatable bonds is 7. The molecule has 1 aromatic carbocycles. The molecule has 2 aromatic rings. The Labute approximate surface area is 133 Å². The zero-order chi connectivity index (χ0) is 15.2. The molecule has 0 aliphatic rings. The molecule has 0 saturated carbocycles. The zero-order valence-corrected chi connectivity index (χ0v) is 14.2. The van der Waals surface area contributed by atoms with E-state index in [4.69, 9.17) is 4.74 Å². The Balaban J connectivity index is 2.14. The van der Waals surface area contributed by atoms with Gasteiger partial charge in [-0.25, -0.2) is 9.67 Å². The van der Waals surface area contributed by atoms with E-state index < -0.39 is 0 Å². The van der Waals surface area contributed by atoms with Crippen LogP contribution >= 0.6 is 15.9 Å². The highest BCUT2D eigenvalue weighted by Gasteiger charge is 2.12. The molecule has 0 bridgehead atoms. The van der Waals surface area contributed by atoms with Gasteiger partial charge in [-0.3, -0.25) is 0 Å². The zero-order valence-electron chi connectivity index (χ0n) is 12.6. The van der Waals surface area contributed by atoms with Crippen molar-refractivity contribution < 1.29 is 4.74 Å². The Kier molecular flexibility index (Phi) is 5.76. The van der Waals surface area contributed by atoms with Gasteiger partial charge in [0.25, 0.3) is 0 Å². The Hall–Kier alpha value is -1.40. The van der Waals surface area contributed by atoms with Gasteiger partial charge in [0, 0.05) is 22.6 Å². The molecule has 0 amide bonds. The van der Waals surface area contributed by atoms with Crippen LogP contribution in [0.1, 0.15) is 37.7 Å². The van der Waals surface area contributed by atoms with Crippen LogP contribution in [0, 0.1) is 0 Å². The SMILES string of the molecule is CCCn1ncnc1COc1ccc(Br)cc1C(C)NC. The lowest BCUT2D eigenvalue weighted by Gasteiger charge is -2.17. The van der Waals surface area contributed by atoms with Crippen LogP contribution in [0.3, 0.4) is 0 Å². The highest BCUT2D eigenvalue weighted by atomic mass is 79.9. The molecule has 6 heteroatoms. The Bertz CT molecular complexity index is 585. The first-order valence-corrected chi connectivity index (χ1v) is 7.91. The van der Waals surface area contributed by atoms with Gasteiger partial charge >= 0.3 is 0 Å². The third-order valence-corrected chi connectivity index (χ3v) is 3.85. The minimum atomic E-state index is 0.214. The molecule has 114 valence electrons. The van der Waals surface area contributed by atoms with Crippen molar-refractivity contribution in [1.82, 2.24) is 20.1 Å². The Morgan fingerprint density at radius 3 is 2.95 bits per heavy atom. The molecule has 2 rings (SSSR count). The summed E-state index contributed by atoms with van der Waals surface area (Å²) in [5, 5.41) is 7.45. The van der Waals surface area contributed by atoms with Crippen LogP contribution < -0.4 is 10.1 Å². The van der Waals surface area contributed by atoms with Crippen molar-refractivity contribution in [1.29, 1.82) is 0 Å². The standard InChI is InChI=1S/C15H21BrN4O/c1-4-7-20-15(18-10-19-20)9-21-14-6-5-12(16)8-13(14)11(2)17-3/h5-6,8,10-11,17H,4,7,9H2,1-3H3. The minimum absolute atomic E-state index is 0.214. The van der Waals surface area contributed by atoms with Gasteiger partial charge in [-0.15, -0.1) is 0 Å². The fraction of sp³-hybridized carbons (Fsp3) is 0.467. The molecule has 21 heavy (non-hydrogen) atoms. The molecule has 0 radical (unpaired) electrons. The molecule has 0 aliphatic heterocycles. The maximum Gasteiger partial charge on any atom is 0.164 e. The van der Waals surface area contributed by atoms with Crippen molar-refractivity contribution in [3.05, 3.63) is 40.4 Å². The average molecular weight is 353 g/mol. The maximum atomic E-state index is 5.96. The average Bonchev–Trinajstić information content (AvgIpc) is 2.93. The van der Waals surface area contributed by atoms with E-state index in [9.17, 15) is 0 Å². The normalized spacial score (nSPS) is 12.4. The van der Waals surface area contributed by atoms with E-state index in [0.717, 1.165) is 34.6 Å². The van der Waals surface area contributed by atoms with Crippen LogP contribution in [0.2, 0.25) is 0 Å². The smallest absolute Gasteiger partial charge is 0.164 e. The summed E-state index contributed by atoms with van der Waals surface area (Å²) in [6, 6.07) is 6.25. The quantitative estimate of drug-likeness (QED) is 0.830. The van der Waals surface area contributed by atoms with Crippen LogP contribution in [-0.4, -0.2) is 21.8 Å². The maximum absolute atomic E-state index is 5.96. The fourth-order valence-electron chi connectivity index (χ4n) is 2.09. The predicted octanol–water partition coefficient (Wildman–Crippen LogP) is 3.31. The lowest BCUT2D eigenvalue weighted by atomic mass is 10.1. The molecular formula is C15H21BrN4O. The summed E-state index contributed by atoms with van der Waals surface area (Å²) >= 11 is 3.51. The number of halogens is 1. The van der Waals surface area contributed by atoms with Crippen LogP contribution in [0.4, 0.5) is 0 Å². The molecule has 5 nitrogen and oxygen atoms in total. The second-order valence-electron chi connectivity index (χ2n) is 4.88. The highest BCUT2D eigenvalue weighted by molar-refractivity contribution is 9.10. The first-order chi connectivity index (χ1) is 10.2. The van der Waals surface area contributed by atoms with Gasteiger partial charge in [-0.1, -0.05) is 22.9 Å². The fourth-order valence-corrected chi connectivity index (χ4v) is 2.46. The number of benzene rings is 1. The highest BCUT2D eigenvalue weighted by Crippen LogP contribution is 2.28. The van der Waals surface area contributed by atoms with Gasteiger partial charge in [-0.05, 0) is 38.6 Å². The first kappa shape index (κ1) is 16.0. The van der Waals surface area contributed by atoms with Crippen LogP contribution in [-0.2, 0) is 13.2 Å². The molecule has 1 N–H and O–H groups in total. The van der Waals surface area contributed by atoms with E-state index in [1.165, 1.54) is 0 Å². The predicted molar refractivity (Wildman–Crippen MR) is 86.3 cm³/mol. The molecule has 0 saturated heterocycles. The van der Waals surface area contributed by atoms with E-state index in [1.807, 2.05) is 23.9 Å². The van der Waals surface area contributed by atoms with Gasteiger partial charge < -0.3 is 10.1 Å².